The SMILES string of the molecule is C=C(C)CN1CCC(NC(=NC)NCc2cc3c(cc2OC)CC(C)O3)CC1. The fourth-order valence-electron chi connectivity index (χ4n) is 3.99. The van der Waals surface area contributed by atoms with Crippen molar-refractivity contribution in [3.8, 4) is 11.5 Å². The van der Waals surface area contributed by atoms with E-state index in [-0.39, 0.29) is 6.10 Å². The number of rotatable bonds is 6. The van der Waals surface area contributed by atoms with Gasteiger partial charge in [-0.05, 0) is 38.8 Å². The Morgan fingerprint density at radius 3 is 2.75 bits per heavy atom. The number of likely N-dealkylation sites (tertiary alicyclic amines) is 1. The number of nitrogens with one attached hydrogen (secondary N) is 2. The van der Waals surface area contributed by atoms with Crippen LogP contribution < -0.4 is 20.1 Å². The quantitative estimate of drug-likeness (QED) is 0.447. The molecule has 2 heterocycles. The van der Waals surface area contributed by atoms with Gasteiger partial charge in [-0.2, -0.15) is 0 Å². The number of guanidine groups is 1. The van der Waals surface area contributed by atoms with Crippen molar-refractivity contribution in [2.45, 2.75) is 51.8 Å². The summed E-state index contributed by atoms with van der Waals surface area (Å²) >= 11 is 0. The van der Waals surface area contributed by atoms with Crippen LogP contribution in [0.15, 0.2) is 29.3 Å². The van der Waals surface area contributed by atoms with E-state index in [0.29, 0.717) is 12.6 Å². The summed E-state index contributed by atoms with van der Waals surface area (Å²) in [5.41, 5.74) is 3.53. The lowest BCUT2D eigenvalue weighted by Gasteiger charge is -2.33. The molecule has 1 fully saturated rings. The molecule has 0 radical (unpaired) electrons. The maximum absolute atomic E-state index is 5.90. The molecule has 0 bridgehead atoms. The third kappa shape index (κ3) is 5.19. The normalized spacial score (nSPS) is 20.4. The Labute approximate surface area is 169 Å². The Balaban J connectivity index is 1.54. The van der Waals surface area contributed by atoms with Crippen LogP contribution in [0.25, 0.3) is 0 Å². The summed E-state index contributed by atoms with van der Waals surface area (Å²) in [4.78, 5) is 6.86. The maximum Gasteiger partial charge on any atom is 0.191 e. The van der Waals surface area contributed by atoms with Crippen molar-refractivity contribution in [1.82, 2.24) is 15.5 Å². The fraction of sp³-hybridized carbons (Fsp3) is 0.591. The van der Waals surface area contributed by atoms with E-state index in [2.05, 4.69) is 53.1 Å². The number of nitrogens with zero attached hydrogens (tertiary/aromatic N) is 2. The molecule has 28 heavy (non-hydrogen) atoms. The van der Waals surface area contributed by atoms with Crippen molar-refractivity contribution < 1.29 is 9.47 Å². The van der Waals surface area contributed by atoms with E-state index in [1.54, 1.807) is 7.11 Å². The second-order valence-electron chi connectivity index (χ2n) is 7.98. The number of fused-ring (bicyclic) bond motifs is 1. The van der Waals surface area contributed by atoms with Crippen molar-refractivity contribution >= 4 is 5.96 Å². The molecule has 0 amide bonds. The van der Waals surface area contributed by atoms with E-state index >= 15 is 0 Å². The van der Waals surface area contributed by atoms with E-state index in [0.717, 1.165) is 61.9 Å². The molecule has 3 rings (SSSR count). The molecule has 0 aromatic heterocycles. The largest absolute Gasteiger partial charge is 0.496 e. The molecule has 0 saturated carbocycles. The molecule has 1 unspecified atom stereocenters. The first-order valence-corrected chi connectivity index (χ1v) is 10.2. The summed E-state index contributed by atoms with van der Waals surface area (Å²) in [6.45, 7) is 12.0. The molecular formula is C22H34N4O2. The summed E-state index contributed by atoms with van der Waals surface area (Å²) < 4.78 is 11.5. The van der Waals surface area contributed by atoms with Gasteiger partial charge in [0.2, 0.25) is 0 Å². The summed E-state index contributed by atoms with van der Waals surface area (Å²) in [5.74, 6) is 2.70. The van der Waals surface area contributed by atoms with Gasteiger partial charge in [0, 0.05) is 56.8 Å². The summed E-state index contributed by atoms with van der Waals surface area (Å²) in [7, 11) is 3.53. The molecule has 1 saturated heterocycles. The molecule has 6 heteroatoms. The zero-order valence-electron chi connectivity index (χ0n) is 17.7. The van der Waals surface area contributed by atoms with Crippen LogP contribution in [0, 0.1) is 0 Å². The molecule has 2 aliphatic rings. The first-order valence-electron chi connectivity index (χ1n) is 10.2. The number of hydrogen-bond acceptors (Lipinski definition) is 4. The Bertz CT molecular complexity index is 723. The van der Waals surface area contributed by atoms with Gasteiger partial charge in [-0.1, -0.05) is 12.2 Å². The standard InChI is InChI=1S/C22H34N4O2/c1-15(2)14-26-8-6-19(7-9-26)25-22(23-4)24-13-18-12-21-17(10-16(3)28-21)11-20(18)27-5/h11-12,16,19H,1,6-10,13-14H2,2-5H3,(H2,23,24,25). The van der Waals surface area contributed by atoms with Crippen LogP contribution in [-0.4, -0.2) is 56.8 Å². The molecular weight excluding hydrogens is 352 g/mol. The van der Waals surface area contributed by atoms with Crippen molar-refractivity contribution in [2.75, 3.05) is 33.8 Å². The number of ether oxygens (including phenoxy) is 2. The average Bonchev–Trinajstić information content (AvgIpc) is 3.04. The third-order valence-corrected chi connectivity index (χ3v) is 5.39. The highest BCUT2D eigenvalue weighted by molar-refractivity contribution is 5.80. The topological polar surface area (TPSA) is 58.1 Å². The Morgan fingerprint density at radius 2 is 2.11 bits per heavy atom. The van der Waals surface area contributed by atoms with Crippen molar-refractivity contribution in [2.24, 2.45) is 4.99 Å². The van der Waals surface area contributed by atoms with Gasteiger partial charge in [0.25, 0.3) is 0 Å². The van der Waals surface area contributed by atoms with Gasteiger partial charge < -0.3 is 20.1 Å². The van der Waals surface area contributed by atoms with Gasteiger partial charge in [-0.15, -0.1) is 0 Å². The smallest absolute Gasteiger partial charge is 0.191 e. The van der Waals surface area contributed by atoms with Crippen LogP contribution in [0.4, 0.5) is 0 Å². The van der Waals surface area contributed by atoms with Gasteiger partial charge >= 0.3 is 0 Å². The van der Waals surface area contributed by atoms with Crippen LogP contribution in [0.3, 0.4) is 0 Å². The lowest BCUT2D eigenvalue weighted by atomic mass is 10.0. The lowest BCUT2D eigenvalue weighted by Crippen LogP contribution is -2.48. The molecule has 1 atom stereocenters. The molecule has 1 aromatic carbocycles. The zero-order valence-corrected chi connectivity index (χ0v) is 17.7. The predicted molar refractivity (Wildman–Crippen MR) is 114 cm³/mol. The summed E-state index contributed by atoms with van der Waals surface area (Å²) in [6.07, 6.45) is 3.39. The van der Waals surface area contributed by atoms with Crippen LogP contribution in [0.1, 0.15) is 37.8 Å². The minimum absolute atomic E-state index is 0.230. The van der Waals surface area contributed by atoms with E-state index in [9.17, 15) is 0 Å². The highest BCUT2D eigenvalue weighted by Gasteiger charge is 2.22. The molecule has 2 aliphatic heterocycles. The zero-order chi connectivity index (χ0) is 20.1. The minimum atomic E-state index is 0.230. The van der Waals surface area contributed by atoms with Crippen LogP contribution in [0.5, 0.6) is 11.5 Å². The average molecular weight is 387 g/mol. The minimum Gasteiger partial charge on any atom is -0.496 e. The number of hydrogen-bond donors (Lipinski definition) is 2. The van der Waals surface area contributed by atoms with Crippen molar-refractivity contribution in [1.29, 1.82) is 0 Å². The fourth-order valence-corrected chi connectivity index (χ4v) is 3.99. The number of piperidine rings is 1. The third-order valence-electron chi connectivity index (χ3n) is 5.39. The summed E-state index contributed by atoms with van der Waals surface area (Å²) in [6, 6.07) is 4.64. The van der Waals surface area contributed by atoms with E-state index in [4.69, 9.17) is 9.47 Å². The van der Waals surface area contributed by atoms with Crippen molar-refractivity contribution in [3.63, 3.8) is 0 Å². The maximum atomic E-state index is 5.90. The van der Waals surface area contributed by atoms with Gasteiger partial charge in [0.05, 0.1) is 7.11 Å². The highest BCUT2D eigenvalue weighted by atomic mass is 16.5. The molecule has 2 N–H and O–H groups in total. The van der Waals surface area contributed by atoms with Crippen LogP contribution >= 0.6 is 0 Å². The second-order valence-corrected chi connectivity index (χ2v) is 7.98. The van der Waals surface area contributed by atoms with Gasteiger partial charge in [0.15, 0.2) is 5.96 Å². The van der Waals surface area contributed by atoms with Crippen molar-refractivity contribution in [3.05, 3.63) is 35.4 Å². The monoisotopic (exact) mass is 386 g/mol. The first kappa shape index (κ1) is 20.5. The number of methoxy groups -OCH3 is 1. The summed E-state index contributed by atoms with van der Waals surface area (Å²) in [5, 5.41) is 6.99. The van der Waals surface area contributed by atoms with Gasteiger partial charge in [0.1, 0.15) is 17.6 Å². The Hall–Kier alpha value is -2.21. The van der Waals surface area contributed by atoms with Gasteiger partial charge in [-0.25, -0.2) is 0 Å². The molecule has 6 nitrogen and oxygen atoms in total. The predicted octanol–water partition coefficient (Wildman–Crippen LogP) is 2.72. The first-order chi connectivity index (χ1) is 13.5. The second kappa shape index (κ2) is 9.32. The van der Waals surface area contributed by atoms with E-state index in [1.807, 2.05) is 7.05 Å². The Morgan fingerprint density at radius 1 is 1.36 bits per heavy atom. The van der Waals surface area contributed by atoms with Crippen LogP contribution in [-0.2, 0) is 13.0 Å². The Kier molecular flexibility index (Phi) is 6.83. The molecule has 0 aliphatic carbocycles. The van der Waals surface area contributed by atoms with E-state index in [1.165, 1.54) is 11.1 Å². The van der Waals surface area contributed by atoms with E-state index < -0.39 is 0 Å². The molecule has 154 valence electrons. The highest BCUT2D eigenvalue weighted by Crippen LogP contribution is 2.34. The number of benzene rings is 1. The number of aliphatic imine (C=N–C) groups is 1. The van der Waals surface area contributed by atoms with Crippen LogP contribution in [0.2, 0.25) is 0 Å². The molecule has 0 spiro atoms. The molecule has 1 aromatic rings. The lowest BCUT2D eigenvalue weighted by molar-refractivity contribution is 0.221. The van der Waals surface area contributed by atoms with Gasteiger partial charge in [-0.3, -0.25) is 9.89 Å².